The predicted molar refractivity (Wildman–Crippen MR) is 132 cm³/mol. The van der Waals surface area contributed by atoms with E-state index in [-0.39, 0.29) is 11.9 Å². The second-order valence-corrected chi connectivity index (χ2v) is 9.28. The molecule has 33 heavy (non-hydrogen) atoms. The SMILES string of the molecule is CC(C)Oc1ccc(Cl)c(C(C)Oc2cc(-c3cnn(C4CCNCC4)c3)cnc2N)c1Cl. The van der Waals surface area contributed by atoms with E-state index in [0.29, 0.717) is 33.1 Å². The first-order valence-corrected chi connectivity index (χ1v) is 11.9. The molecule has 3 N–H and O–H groups in total. The Bertz CT molecular complexity index is 1110. The molecule has 1 fully saturated rings. The third-order valence-electron chi connectivity index (χ3n) is 5.66. The van der Waals surface area contributed by atoms with Crippen LogP contribution in [-0.2, 0) is 0 Å². The third kappa shape index (κ3) is 5.37. The van der Waals surface area contributed by atoms with E-state index < -0.39 is 6.10 Å². The third-order valence-corrected chi connectivity index (χ3v) is 6.38. The fraction of sp³-hybridized carbons (Fsp3) is 0.417. The number of nitrogens with two attached hydrogens (primary N) is 1. The summed E-state index contributed by atoms with van der Waals surface area (Å²) in [4.78, 5) is 4.34. The fourth-order valence-corrected chi connectivity index (χ4v) is 4.70. The van der Waals surface area contributed by atoms with Gasteiger partial charge in [-0.1, -0.05) is 23.2 Å². The van der Waals surface area contributed by atoms with Gasteiger partial charge in [-0.15, -0.1) is 0 Å². The maximum absolute atomic E-state index is 6.61. The first kappa shape index (κ1) is 23.7. The molecule has 1 aromatic carbocycles. The second kappa shape index (κ2) is 10.2. The summed E-state index contributed by atoms with van der Waals surface area (Å²) in [5.41, 5.74) is 8.61. The van der Waals surface area contributed by atoms with Crippen molar-refractivity contribution >= 4 is 29.0 Å². The summed E-state index contributed by atoms with van der Waals surface area (Å²) in [5, 5.41) is 8.87. The lowest BCUT2D eigenvalue weighted by Gasteiger charge is -2.22. The molecule has 1 unspecified atom stereocenters. The van der Waals surface area contributed by atoms with Crippen LogP contribution in [0.15, 0.2) is 36.8 Å². The molecule has 176 valence electrons. The Kier molecular flexibility index (Phi) is 7.32. The average Bonchev–Trinajstić information content (AvgIpc) is 3.28. The van der Waals surface area contributed by atoms with Gasteiger partial charge in [-0.05, 0) is 64.9 Å². The number of ether oxygens (including phenoxy) is 2. The number of halogens is 2. The maximum Gasteiger partial charge on any atom is 0.166 e. The van der Waals surface area contributed by atoms with Crippen molar-refractivity contribution < 1.29 is 9.47 Å². The summed E-state index contributed by atoms with van der Waals surface area (Å²) in [6.45, 7) is 7.76. The first-order chi connectivity index (χ1) is 15.8. The molecule has 1 saturated heterocycles. The molecule has 7 nitrogen and oxygen atoms in total. The Balaban J connectivity index is 1.57. The molecule has 9 heteroatoms. The van der Waals surface area contributed by atoms with E-state index in [1.807, 2.05) is 37.7 Å². The highest BCUT2D eigenvalue weighted by Crippen LogP contribution is 2.40. The van der Waals surface area contributed by atoms with Crippen LogP contribution in [0.25, 0.3) is 11.1 Å². The molecule has 3 heterocycles. The van der Waals surface area contributed by atoms with E-state index in [0.717, 1.165) is 37.1 Å². The van der Waals surface area contributed by atoms with Gasteiger partial charge in [-0.2, -0.15) is 5.10 Å². The molecule has 1 aliphatic heterocycles. The number of nitrogens with zero attached hydrogens (tertiary/aromatic N) is 3. The molecule has 0 bridgehead atoms. The van der Waals surface area contributed by atoms with Crippen molar-refractivity contribution in [3.05, 3.63) is 52.4 Å². The number of nitrogen functional groups attached to an aromatic ring is 1. The Morgan fingerprint density at radius 1 is 1.06 bits per heavy atom. The van der Waals surface area contributed by atoms with Crippen LogP contribution in [0, 0.1) is 0 Å². The van der Waals surface area contributed by atoms with Crippen LogP contribution in [-0.4, -0.2) is 34.0 Å². The monoisotopic (exact) mass is 489 g/mol. The standard InChI is InChI=1S/C24H29Cl2N5O2/c1-14(2)32-20-5-4-19(25)22(23(20)26)15(3)33-21-10-16(11-29-24(21)27)17-12-30-31(13-17)18-6-8-28-9-7-18/h4-5,10-15,18,28H,6-9H2,1-3H3,(H2,27,29). The normalized spacial score (nSPS) is 15.6. The summed E-state index contributed by atoms with van der Waals surface area (Å²) in [5.74, 6) is 1.31. The van der Waals surface area contributed by atoms with E-state index >= 15 is 0 Å². The van der Waals surface area contributed by atoms with Crippen molar-refractivity contribution in [1.29, 1.82) is 0 Å². The molecule has 4 rings (SSSR count). The summed E-state index contributed by atoms with van der Waals surface area (Å²) in [6.07, 6.45) is 7.27. The number of nitrogens with one attached hydrogen (secondary N) is 1. The Morgan fingerprint density at radius 2 is 1.82 bits per heavy atom. The lowest BCUT2D eigenvalue weighted by atomic mass is 10.1. The highest BCUT2D eigenvalue weighted by molar-refractivity contribution is 6.37. The molecule has 0 radical (unpaired) electrons. The number of hydrogen-bond acceptors (Lipinski definition) is 6. The van der Waals surface area contributed by atoms with Crippen molar-refractivity contribution in [3.63, 3.8) is 0 Å². The van der Waals surface area contributed by atoms with Crippen LogP contribution >= 0.6 is 23.2 Å². The molecule has 1 atom stereocenters. The van der Waals surface area contributed by atoms with Gasteiger partial charge in [0.15, 0.2) is 11.6 Å². The maximum atomic E-state index is 6.61. The number of anilines is 1. The molecule has 3 aromatic rings. The zero-order valence-electron chi connectivity index (χ0n) is 19.0. The van der Waals surface area contributed by atoms with Crippen LogP contribution < -0.4 is 20.5 Å². The summed E-state index contributed by atoms with van der Waals surface area (Å²) >= 11 is 13.1. The number of benzene rings is 1. The first-order valence-electron chi connectivity index (χ1n) is 11.2. The van der Waals surface area contributed by atoms with Crippen molar-refractivity contribution in [2.75, 3.05) is 18.8 Å². The highest BCUT2D eigenvalue weighted by Gasteiger charge is 2.22. The van der Waals surface area contributed by atoms with Crippen LogP contribution in [0.5, 0.6) is 11.5 Å². The van der Waals surface area contributed by atoms with E-state index in [1.165, 1.54) is 0 Å². The quantitative estimate of drug-likeness (QED) is 0.443. The number of piperidine rings is 1. The molecule has 2 aromatic heterocycles. The van der Waals surface area contributed by atoms with Gasteiger partial charge >= 0.3 is 0 Å². The molecule has 0 saturated carbocycles. The lowest BCUT2D eigenvalue weighted by molar-refractivity contribution is 0.223. The van der Waals surface area contributed by atoms with Crippen molar-refractivity contribution in [3.8, 4) is 22.6 Å². The van der Waals surface area contributed by atoms with Crippen molar-refractivity contribution in [1.82, 2.24) is 20.1 Å². The summed E-state index contributed by atoms with van der Waals surface area (Å²) < 4.78 is 14.0. The number of rotatable bonds is 7. The Labute approximate surface area is 204 Å². The van der Waals surface area contributed by atoms with E-state index in [9.17, 15) is 0 Å². The summed E-state index contributed by atoms with van der Waals surface area (Å²) in [6, 6.07) is 5.80. The minimum Gasteiger partial charge on any atom is -0.489 e. The van der Waals surface area contributed by atoms with Gasteiger partial charge in [0.05, 0.1) is 23.4 Å². The predicted octanol–water partition coefficient (Wildman–Crippen LogP) is 5.69. The topological polar surface area (TPSA) is 87.2 Å². The molecule has 0 amide bonds. The van der Waals surface area contributed by atoms with E-state index in [1.54, 1.807) is 18.3 Å². The van der Waals surface area contributed by atoms with Gasteiger partial charge in [0.2, 0.25) is 0 Å². The second-order valence-electron chi connectivity index (χ2n) is 8.50. The van der Waals surface area contributed by atoms with Gasteiger partial charge < -0.3 is 20.5 Å². The molecule has 0 spiro atoms. The van der Waals surface area contributed by atoms with Crippen LogP contribution in [0.4, 0.5) is 5.82 Å². The van der Waals surface area contributed by atoms with Gasteiger partial charge in [-0.3, -0.25) is 4.68 Å². The van der Waals surface area contributed by atoms with Gasteiger partial charge in [-0.25, -0.2) is 4.98 Å². The van der Waals surface area contributed by atoms with Gasteiger partial charge in [0.25, 0.3) is 0 Å². The van der Waals surface area contributed by atoms with Crippen molar-refractivity contribution in [2.24, 2.45) is 0 Å². The lowest BCUT2D eigenvalue weighted by Crippen LogP contribution is -2.29. The van der Waals surface area contributed by atoms with E-state index in [2.05, 4.69) is 21.6 Å². The Morgan fingerprint density at radius 3 is 2.55 bits per heavy atom. The number of hydrogen-bond donors (Lipinski definition) is 2. The fourth-order valence-electron chi connectivity index (χ4n) is 3.98. The smallest absolute Gasteiger partial charge is 0.166 e. The van der Waals surface area contributed by atoms with Gasteiger partial charge in [0.1, 0.15) is 11.9 Å². The molecular weight excluding hydrogens is 461 g/mol. The zero-order chi connectivity index (χ0) is 23.5. The molecule has 1 aliphatic rings. The minimum atomic E-state index is -0.475. The highest BCUT2D eigenvalue weighted by atomic mass is 35.5. The number of pyridine rings is 1. The van der Waals surface area contributed by atoms with Crippen LogP contribution in [0.1, 0.15) is 51.3 Å². The van der Waals surface area contributed by atoms with Crippen molar-refractivity contribution in [2.45, 2.75) is 51.9 Å². The van der Waals surface area contributed by atoms with Crippen LogP contribution in [0.2, 0.25) is 10.0 Å². The molecular formula is C24H29Cl2N5O2. The zero-order valence-corrected chi connectivity index (χ0v) is 20.5. The van der Waals surface area contributed by atoms with Gasteiger partial charge in [0, 0.05) is 34.1 Å². The minimum absolute atomic E-state index is 0.0185. The summed E-state index contributed by atoms with van der Waals surface area (Å²) in [7, 11) is 0. The average molecular weight is 490 g/mol. The van der Waals surface area contributed by atoms with E-state index in [4.69, 9.17) is 38.4 Å². The van der Waals surface area contributed by atoms with Crippen LogP contribution in [0.3, 0.4) is 0 Å². The number of aromatic nitrogens is 3. The Hall–Kier alpha value is -2.48. The molecule has 0 aliphatic carbocycles. The largest absolute Gasteiger partial charge is 0.489 e.